The number of benzene rings is 2. The minimum absolute atomic E-state index is 0.0187. The molecular weight excluding hydrogens is 454 g/mol. The van der Waals surface area contributed by atoms with E-state index < -0.39 is 17.9 Å². The van der Waals surface area contributed by atoms with Gasteiger partial charge >= 0.3 is 0 Å². The molecule has 0 aliphatic carbocycles. The summed E-state index contributed by atoms with van der Waals surface area (Å²) in [5.74, 6) is -0.887. The number of methoxy groups -OCH3 is 1. The fourth-order valence-electron chi connectivity index (χ4n) is 5.90. The van der Waals surface area contributed by atoms with Gasteiger partial charge < -0.3 is 15.4 Å². The standard InChI is InChI=1S/C29H37N3O4/c1-19(2)18-22-25-26(29(35)31(28(25)34)20-12-6-4-7-13-20)27(21-14-9-10-15-23(21)36-3)32(22)24(33)16-8-5-11-17-30/h4,6-7,9-10,12-15,19,22,25-27H,5,8,11,16-18,30H2,1-3H3. The van der Waals surface area contributed by atoms with Crippen LogP contribution in [0.2, 0.25) is 0 Å². The summed E-state index contributed by atoms with van der Waals surface area (Å²) in [5.41, 5.74) is 6.98. The number of rotatable bonds is 10. The van der Waals surface area contributed by atoms with E-state index in [2.05, 4.69) is 13.8 Å². The third-order valence-corrected chi connectivity index (χ3v) is 7.38. The molecule has 3 amide bonds. The first-order chi connectivity index (χ1) is 17.4. The topological polar surface area (TPSA) is 92.9 Å². The second kappa shape index (κ2) is 11.2. The third-order valence-electron chi connectivity index (χ3n) is 7.38. The first kappa shape index (κ1) is 25.9. The van der Waals surface area contributed by atoms with Crippen LogP contribution in [-0.2, 0) is 14.4 Å². The highest BCUT2D eigenvalue weighted by Crippen LogP contribution is 2.53. The first-order valence-corrected chi connectivity index (χ1v) is 13.0. The van der Waals surface area contributed by atoms with E-state index in [0.717, 1.165) is 24.8 Å². The number of anilines is 1. The molecule has 7 nitrogen and oxygen atoms in total. The van der Waals surface area contributed by atoms with Crippen LogP contribution in [0.15, 0.2) is 54.6 Å². The maximum absolute atomic E-state index is 14.0. The van der Waals surface area contributed by atoms with Gasteiger partial charge in [-0.05, 0) is 49.9 Å². The second-order valence-electron chi connectivity index (χ2n) is 10.2. The summed E-state index contributed by atoms with van der Waals surface area (Å²) in [6.45, 7) is 4.78. The maximum Gasteiger partial charge on any atom is 0.240 e. The highest BCUT2D eigenvalue weighted by atomic mass is 16.5. The lowest BCUT2D eigenvalue weighted by molar-refractivity contribution is -0.136. The molecule has 2 aromatic rings. The quantitative estimate of drug-likeness (QED) is 0.395. The number of amides is 3. The van der Waals surface area contributed by atoms with E-state index in [9.17, 15) is 14.4 Å². The van der Waals surface area contributed by atoms with Crippen molar-refractivity contribution >= 4 is 23.4 Å². The van der Waals surface area contributed by atoms with Crippen LogP contribution in [0.4, 0.5) is 5.69 Å². The number of nitrogens with two attached hydrogens (primary N) is 1. The summed E-state index contributed by atoms with van der Waals surface area (Å²) >= 11 is 0. The van der Waals surface area contributed by atoms with Crippen molar-refractivity contribution in [2.45, 2.75) is 58.0 Å². The van der Waals surface area contributed by atoms with Gasteiger partial charge in [-0.2, -0.15) is 0 Å². The van der Waals surface area contributed by atoms with Crippen molar-refractivity contribution in [3.8, 4) is 5.75 Å². The molecule has 2 fully saturated rings. The Morgan fingerprint density at radius 2 is 1.61 bits per heavy atom. The van der Waals surface area contributed by atoms with Gasteiger partial charge in [0, 0.05) is 18.0 Å². The third kappa shape index (κ3) is 4.76. The number of likely N-dealkylation sites (tertiary alicyclic amines) is 1. The molecule has 4 atom stereocenters. The lowest BCUT2D eigenvalue weighted by atomic mass is 9.84. The van der Waals surface area contributed by atoms with E-state index in [1.54, 1.807) is 19.2 Å². The average Bonchev–Trinajstić information content (AvgIpc) is 3.34. The maximum atomic E-state index is 14.0. The number of para-hydroxylation sites is 2. The summed E-state index contributed by atoms with van der Waals surface area (Å²) < 4.78 is 5.68. The number of ether oxygens (including phenoxy) is 1. The Hall–Kier alpha value is -3.19. The van der Waals surface area contributed by atoms with Crippen LogP contribution in [0.1, 0.15) is 57.6 Å². The van der Waals surface area contributed by atoms with Gasteiger partial charge in [-0.1, -0.05) is 56.7 Å². The molecule has 2 heterocycles. The molecule has 4 rings (SSSR count). The fourth-order valence-corrected chi connectivity index (χ4v) is 5.90. The van der Waals surface area contributed by atoms with E-state index in [1.807, 2.05) is 47.4 Å². The molecule has 0 saturated carbocycles. The zero-order chi connectivity index (χ0) is 25.8. The van der Waals surface area contributed by atoms with E-state index in [4.69, 9.17) is 10.5 Å². The van der Waals surface area contributed by atoms with Gasteiger partial charge in [-0.25, -0.2) is 4.90 Å². The largest absolute Gasteiger partial charge is 0.496 e. The number of nitrogens with zero attached hydrogens (tertiary/aromatic N) is 2. The molecule has 2 aliphatic rings. The molecule has 2 aromatic carbocycles. The predicted molar refractivity (Wildman–Crippen MR) is 139 cm³/mol. The van der Waals surface area contributed by atoms with Crippen LogP contribution in [-0.4, -0.2) is 42.3 Å². The van der Waals surface area contributed by atoms with Crippen LogP contribution in [0, 0.1) is 17.8 Å². The van der Waals surface area contributed by atoms with Gasteiger partial charge in [0.05, 0.1) is 30.7 Å². The van der Waals surface area contributed by atoms with Crippen molar-refractivity contribution in [2.24, 2.45) is 23.5 Å². The highest BCUT2D eigenvalue weighted by Gasteiger charge is 2.63. The number of hydrogen-bond acceptors (Lipinski definition) is 5. The normalized spacial score (nSPS) is 23.5. The SMILES string of the molecule is COc1ccccc1C1C2C(=O)N(c3ccccc3)C(=O)C2C(CC(C)C)N1C(=O)CCCCCN. The van der Waals surface area contributed by atoms with Gasteiger partial charge in [0.15, 0.2) is 0 Å². The number of imide groups is 1. The van der Waals surface area contributed by atoms with Gasteiger partial charge in [-0.15, -0.1) is 0 Å². The molecular formula is C29H37N3O4. The molecule has 0 aromatic heterocycles. The first-order valence-electron chi connectivity index (χ1n) is 13.0. The van der Waals surface area contributed by atoms with Gasteiger partial charge in [-0.3, -0.25) is 14.4 Å². The van der Waals surface area contributed by atoms with Gasteiger partial charge in [0.25, 0.3) is 0 Å². The summed E-state index contributed by atoms with van der Waals surface area (Å²) in [7, 11) is 1.59. The Bertz CT molecular complexity index is 1090. The Morgan fingerprint density at radius 1 is 0.944 bits per heavy atom. The number of unbranched alkanes of at least 4 members (excludes halogenated alkanes) is 2. The van der Waals surface area contributed by atoms with Crippen LogP contribution < -0.4 is 15.4 Å². The van der Waals surface area contributed by atoms with Crippen molar-refractivity contribution in [3.63, 3.8) is 0 Å². The highest BCUT2D eigenvalue weighted by molar-refractivity contribution is 6.23. The number of carbonyl (C=O) groups excluding carboxylic acids is 3. The Morgan fingerprint density at radius 3 is 2.28 bits per heavy atom. The van der Waals surface area contributed by atoms with E-state index in [0.29, 0.717) is 30.8 Å². The Kier molecular flexibility index (Phi) is 8.09. The summed E-state index contributed by atoms with van der Waals surface area (Å²) in [4.78, 5) is 44.9. The Labute approximate surface area is 213 Å². The zero-order valence-electron chi connectivity index (χ0n) is 21.4. The number of carbonyl (C=O) groups is 3. The van der Waals surface area contributed by atoms with Crippen molar-refractivity contribution in [1.82, 2.24) is 4.90 Å². The van der Waals surface area contributed by atoms with E-state index in [1.165, 1.54) is 4.90 Å². The van der Waals surface area contributed by atoms with Crippen LogP contribution in [0.25, 0.3) is 0 Å². The summed E-state index contributed by atoms with van der Waals surface area (Å²) in [6.07, 6.45) is 3.48. The Balaban J connectivity index is 1.81. The minimum atomic E-state index is -0.661. The van der Waals surface area contributed by atoms with Crippen LogP contribution in [0.5, 0.6) is 5.75 Å². The van der Waals surface area contributed by atoms with Crippen LogP contribution >= 0.6 is 0 Å². The molecule has 36 heavy (non-hydrogen) atoms. The van der Waals surface area contributed by atoms with E-state index in [-0.39, 0.29) is 29.7 Å². The summed E-state index contributed by atoms with van der Waals surface area (Å²) in [6, 6.07) is 15.7. The fraction of sp³-hybridized carbons (Fsp3) is 0.483. The number of hydrogen-bond donors (Lipinski definition) is 1. The van der Waals surface area contributed by atoms with Gasteiger partial charge in [0.2, 0.25) is 17.7 Å². The average molecular weight is 492 g/mol. The minimum Gasteiger partial charge on any atom is -0.496 e. The number of fused-ring (bicyclic) bond motifs is 1. The lowest BCUT2D eigenvalue weighted by Gasteiger charge is -2.35. The van der Waals surface area contributed by atoms with Crippen LogP contribution in [0.3, 0.4) is 0 Å². The zero-order valence-corrected chi connectivity index (χ0v) is 21.4. The van der Waals surface area contributed by atoms with Crippen molar-refractivity contribution in [1.29, 1.82) is 0 Å². The van der Waals surface area contributed by atoms with Crippen molar-refractivity contribution in [3.05, 3.63) is 60.2 Å². The molecule has 0 spiro atoms. The molecule has 192 valence electrons. The van der Waals surface area contributed by atoms with Crippen molar-refractivity contribution in [2.75, 3.05) is 18.6 Å². The second-order valence-corrected chi connectivity index (χ2v) is 10.2. The molecule has 4 unspecified atom stereocenters. The lowest BCUT2D eigenvalue weighted by Crippen LogP contribution is -2.45. The molecule has 2 saturated heterocycles. The predicted octanol–water partition coefficient (Wildman–Crippen LogP) is 4.32. The smallest absolute Gasteiger partial charge is 0.240 e. The van der Waals surface area contributed by atoms with Crippen molar-refractivity contribution < 1.29 is 19.1 Å². The molecule has 0 radical (unpaired) electrons. The summed E-state index contributed by atoms with van der Waals surface area (Å²) in [5, 5.41) is 0. The molecule has 2 N–H and O–H groups in total. The molecule has 0 bridgehead atoms. The van der Waals surface area contributed by atoms with E-state index >= 15 is 0 Å². The van der Waals surface area contributed by atoms with Gasteiger partial charge in [0.1, 0.15) is 5.75 Å². The monoisotopic (exact) mass is 491 g/mol. The molecule has 2 aliphatic heterocycles. The molecule has 7 heteroatoms.